The fraction of sp³-hybridized carbons (Fsp3) is 0.125. The molecule has 2 aromatic heterocycles. The average molecular weight is 322 g/mol. The van der Waals surface area contributed by atoms with E-state index in [4.69, 9.17) is 16.3 Å². The van der Waals surface area contributed by atoms with Crippen molar-refractivity contribution in [3.8, 4) is 5.75 Å². The van der Waals surface area contributed by atoms with Gasteiger partial charge in [-0.1, -0.05) is 23.4 Å². The summed E-state index contributed by atoms with van der Waals surface area (Å²) in [5, 5.41) is 1.12. The van der Waals surface area contributed by atoms with Gasteiger partial charge in [-0.2, -0.15) is 0 Å². The van der Waals surface area contributed by atoms with Crippen LogP contribution in [0.4, 0.5) is 4.39 Å². The Kier molecular flexibility index (Phi) is 3.83. The average Bonchev–Trinajstić information content (AvgIpc) is 2.76. The van der Waals surface area contributed by atoms with Crippen LogP contribution in [0.3, 0.4) is 0 Å². The lowest BCUT2D eigenvalue weighted by Gasteiger charge is -2.06. The molecule has 0 atom stereocenters. The van der Waals surface area contributed by atoms with Crippen molar-refractivity contribution < 1.29 is 9.13 Å². The molecule has 0 N–H and O–H groups in total. The topological polar surface area (TPSA) is 13.6 Å². The minimum absolute atomic E-state index is 0.140. The molecule has 0 spiro atoms. The molecular weight excluding hydrogens is 309 g/mol. The predicted molar refractivity (Wildman–Crippen MR) is 84.2 cm³/mol. The number of halogens is 2. The highest BCUT2D eigenvalue weighted by Gasteiger charge is 2.11. The summed E-state index contributed by atoms with van der Waals surface area (Å²) in [6.07, 6.45) is 1.43. The third kappa shape index (κ3) is 2.74. The summed E-state index contributed by atoms with van der Waals surface area (Å²) in [4.78, 5) is 1.06. The molecule has 0 amide bonds. The smallest absolute Gasteiger partial charge is 0.158 e. The molecular formula is C16H13ClFNOS. The van der Waals surface area contributed by atoms with Crippen molar-refractivity contribution in [2.24, 2.45) is 0 Å². The van der Waals surface area contributed by atoms with Crippen molar-refractivity contribution in [1.82, 2.24) is 4.40 Å². The van der Waals surface area contributed by atoms with E-state index in [2.05, 4.69) is 0 Å². The number of methoxy groups -OCH3 is 1. The zero-order valence-electron chi connectivity index (χ0n) is 11.6. The first-order valence-corrected chi connectivity index (χ1v) is 7.56. The summed E-state index contributed by atoms with van der Waals surface area (Å²) in [7, 11) is 1.64. The Morgan fingerprint density at radius 2 is 1.90 bits per heavy atom. The highest BCUT2D eigenvalue weighted by atomic mass is 35.5. The SMILES string of the molecule is COc1ccc(Sc2c(C)cc3cc(Cl)c(F)cn23)cc1. The van der Waals surface area contributed by atoms with E-state index >= 15 is 0 Å². The van der Waals surface area contributed by atoms with Gasteiger partial charge in [-0.15, -0.1) is 0 Å². The van der Waals surface area contributed by atoms with Crippen LogP contribution in [0.15, 0.2) is 52.5 Å². The Morgan fingerprint density at radius 3 is 2.57 bits per heavy atom. The molecule has 1 aromatic carbocycles. The molecule has 0 bridgehead atoms. The largest absolute Gasteiger partial charge is 0.497 e. The van der Waals surface area contributed by atoms with Gasteiger partial charge in [0, 0.05) is 16.6 Å². The zero-order chi connectivity index (χ0) is 15.0. The number of benzene rings is 1. The number of hydrogen-bond acceptors (Lipinski definition) is 2. The second-order valence-electron chi connectivity index (χ2n) is 4.67. The quantitative estimate of drug-likeness (QED) is 0.658. The number of rotatable bonds is 3. The molecule has 0 saturated heterocycles. The van der Waals surface area contributed by atoms with Crippen molar-refractivity contribution in [2.45, 2.75) is 16.8 Å². The summed E-state index contributed by atoms with van der Waals surface area (Å²) in [6, 6.07) is 11.4. The van der Waals surface area contributed by atoms with Crippen molar-refractivity contribution in [3.05, 3.63) is 59.0 Å². The molecule has 0 aliphatic heterocycles. The van der Waals surface area contributed by atoms with Gasteiger partial charge >= 0.3 is 0 Å². The molecule has 3 aromatic rings. The molecule has 108 valence electrons. The number of aromatic nitrogens is 1. The standard InChI is InChI=1S/C16H13ClFNOS/c1-10-7-11-8-14(17)15(18)9-19(11)16(10)21-13-5-3-12(20-2)4-6-13/h3-9H,1-2H3. The molecule has 21 heavy (non-hydrogen) atoms. The van der Waals surface area contributed by atoms with E-state index in [1.54, 1.807) is 24.9 Å². The maximum atomic E-state index is 13.7. The Hall–Kier alpha value is -1.65. The summed E-state index contributed by atoms with van der Waals surface area (Å²) in [6.45, 7) is 2.00. The lowest BCUT2D eigenvalue weighted by molar-refractivity contribution is 0.414. The molecule has 2 heterocycles. The van der Waals surface area contributed by atoms with Crippen LogP contribution in [0.5, 0.6) is 5.75 Å². The maximum absolute atomic E-state index is 13.7. The van der Waals surface area contributed by atoms with E-state index in [1.807, 2.05) is 41.7 Å². The number of ether oxygens (including phenoxy) is 1. The van der Waals surface area contributed by atoms with Gasteiger partial charge in [0.2, 0.25) is 0 Å². The number of nitrogens with zero attached hydrogens (tertiary/aromatic N) is 1. The van der Waals surface area contributed by atoms with Gasteiger partial charge in [0.05, 0.1) is 17.2 Å². The molecule has 2 nitrogen and oxygen atoms in total. The normalized spacial score (nSPS) is 11.0. The van der Waals surface area contributed by atoms with Crippen LogP contribution >= 0.6 is 23.4 Å². The first-order valence-electron chi connectivity index (χ1n) is 6.37. The third-order valence-electron chi connectivity index (χ3n) is 3.22. The Balaban J connectivity index is 2.03. The number of pyridine rings is 1. The summed E-state index contributed by atoms with van der Waals surface area (Å²) >= 11 is 7.42. The predicted octanol–water partition coefficient (Wildman–Crippen LogP) is 5.20. The van der Waals surface area contributed by atoms with Crippen LogP contribution in [0.2, 0.25) is 5.02 Å². The van der Waals surface area contributed by atoms with Crippen LogP contribution in [0.1, 0.15) is 5.56 Å². The summed E-state index contributed by atoms with van der Waals surface area (Å²) < 4.78 is 20.7. The minimum atomic E-state index is -0.420. The molecule has 0 unspecified atom stereocenters. The first-order chi connectivity index (χ1) is 10.1. The third-order valence-corrected chi connectivity index (χ3v) is 4.73. The maximum Gasteiger partial charge on any atom is 0.158 e. The lowest BCUT2D eigenvalue weighted by atomic mass is 10.3. The highest BCUT2D eigenvalue weighted by Crippen LogP contribution is 2.34. The van der Waals surface area contributed by atoms with Gasteiger partial charge in [-0.25, -0.2) is 4.39 Å². The fourth-order valence-electron chi connectivity index (χ4n) is 2.16. The summed E-state index contributed by atoms with van der Waals surface area (Å²) in [5.74, 6) is 0.394. The summed E-state index contributed by atoms with van der Waals surface area (Å²) in [5.41, 5.74) is 1.97. The monoisotopic (exact) mass is 321 g/mol. The second kappa shape index (κ2) is 5.62. The van der Waals surface area contributed by atoms with E-state index in [1.165, 1.54) is 6.20 Å². The number of fused-ring (bicyclic) bond motifs is 1. The van der Waals surface area contributed by atoms with Gasteiger partial charge in [0.1, 0.15) is 5.75 Å². The van der Waals surface area contributed by atoms with Crippen molar-refractivity contribution in [3.63, 3.8) is 0 Å². The van der Waals surface area contributed by atoms with Gasteiger partial charge < -0.3 is 9.14 Å². The Labute approximate surface area is 131 Å². The number of aryl methyl sites for hydroxylation is 1. The van der Waals surface area contributed by atoms with Gasteiger partial charge in [0.25, 0.3) is 0 Å². The van der Waals surface area contributed by atoms with E-state index in [-0.39, 0.29) is 5.02 Å². The van der Waals surface area contributed by atoms with Crippen LogP contribution in [-0.2, 0) is 0 Å². The van der Waals surface area contributed by atoms with Crippen molar-refractivity contribution >= 4 is 28.9 Å². The molecule has 0 aliphatic carbocycles. The second-order valence-corrected chi connectivity index (χ2v) is 6.14. The van der Waals surface area contributed by atoms with E-state index < -0.39 is 5.82 Å². The highest BCUT2D eigenvalue weighted by molar-refractivity contribution is 7.99. The van der Waals surface area contributed by atoms with Crippen molar-refractivity contribution in [2.75, 3.05) is 7.11 Å². The first kappa shape index (κ1) is 14.3. The van der Waals surface area contributed by atoms with Crippen LogP contribution in [0, 0.1) is 12.7 Å². The lowest BCUT2D eigenvalue weighted by Crippen LogP contribution is -1.90. The van der Waals surface area contributed by atoms with Gasteiger partial charge in [-0.05, 0) is 48.9 Å². The van der Waals surface area contributed by atoms with Crippen molar-refractivity contribution in [1.29, 1.82) is 0 Å². The van der Waals surface area contributed by atoms with E-state index in [9.17, 15) is 4.39 Å². The molecule has 5 heteroatoms. The molecule has 0 saturated carbocycles. The molecule has 0 radical (unpaired) electrons. The van der Waals surface area contributed by atoms with E-state index in [0.717, 1.165) is 26.8 Å². The molecule has 0 aliphatic rings. The zero-order valence-corrected chi connectivity index (χ0v) is 13.1. The fourth-order valence-corrected chi connectivity index (χ4v) is 3.30. The van der Waals surface area contributed by atoms with Crippen LogP contribution in [0.25, 0.3) is 5.52 Å². The van der Waals surface area contributed by atoms with E-state index in [0.29, 0.717) is 0 Å². The van der Waals surface area contributed by atoms with Crippen LogP contribution in [-0.4, -0.2) is 11.5 Å². The van der Waals surface area contributed by atoms with Crippen LogP contribution < -0.4 is 4.74 Å². The van der Waals surface area contributed by atoms with Gasteiger partial charge in [0.15, 0.2) is 5.82 Å². The Bertz CT molecular complexity index is 798. The number of hydrogen-bond donors (Lipinski definition) is 0. The minimum Gasteiger partial charge on any atom is -0.497 e. The molecule has 3 rings (SSSR count). The molecule has 0 fully saturated rings. The Morgan fingerprint density at radius 1 is 1.19 bits per heavy atom. The van der Waals surface area contributed by atoms with Gasteiger partial charge in [-0.3, -0.25) is 0 Å².